The summed E-state index contributed by atoms with van der Waals surface area (Å²) in [5.41, 5.74) is 8.78. The summed E-state index contributed by atoms with van der Waals surface area (Å²) in [4.78, 5) is 4.25. The van der Waals surface area contributed by atoms with Crippen LogP contribution in [0.15, 0.2) is 42.3 Å². The summed E-state index contributed by atoms with van der Waals surface area (Å²) in [7, 11) is 0. The largest absolute Gasteiger partial charge is 1.00 e. The van der Waals surface area contributed by atoms with Crippen LogP contribution >= 0.6 is 0 Å². The van der Waals surface area contributed by atoms with Crippen LogP contribution in [0.4, 0.5) is 0 Å². The van der Waals surface area contributed by atoms with Gasteiger partial charge < -0.3 is 12.4 Å². The van der Waals surface area contributed by atoms with E-state index in [-0.39, 0.29) is 12.4 Å². The van der Waals surface area contributed by atoms with Crippen molar-refractivity contribution in [2.75, 3.05) is 6.67 Å². The number of nitrogens with zero attached hydrogens (tertiary/aromatic N) is 1. The zero-order valence-electron chi connectivity index (χ0n) is 19.6. The van der Waals surface area contributed by atoms with E-state index in [1.54, 1.807) is 4.90 Å². The topological polar surface area (TPSA) is 7.68 Å². The molecule has 0 bridgehead atoms. The molecule has 1 N–H and O–H groups in total. The first kappa shape index (κ1) is 23.2. The second-order valence-corrected chi connectivity index (χ2v) is 10.2. The minimum Gasteiger partial charge on any atom is -1.00 e. The molecule has 164 valence electrons. The third-order valence-corrected chi connectivity index (χ3v) is 7.07. The molecule has 2 aliphatic heterocycles. The molecule has 1 aromatic rings. The van der Waals surface area contributed by atoms with Gasteiger partial charge in [0.2, 0.25) is 0 Å². The number of nitrogens with one attached hydrogen (secondary N) is 1. The number of quaternary nitrogens is 1. The Morgan fingerprint density at radius 2 is 1.50 bits per heavy atom. The monoisotopic (exact) mass is 426 g/mol. The smallest absolute Gasteiger partial charge is 0.162 e. The molecule has 0 amide bonds. The zero-order valence-corrected chi connectivity index (χ0v) is 20.4. The van der Waals surface area contributed by atoms with Crippen LogP contribution in [0.25, 0.3) is 5.70 Å². The van der Waals surface area contributed by atoms with E-state index in [0.29, 0.717) is 17.8 Å². The van der Waals surface area contributed by atoms with Crippen LogP contribution < -0.4 is 17.3 Å². The average Bonchev–Trinajstić information content (AvgIpc) is 3.35. The second kappa shape index (κ2) is 9.32. The maximum Gasteiger partial charge on any atom is 0.162 e. The van der Waals surface area contributed by atoms with E-state index >= 15 is 0 Å². The van der Waals surface area contributed by atoms with Crippen LogP contribution in [0, 0.1) is 0 Å². The second-order valence-electron chi connectivity index (χ2n) is 10.2. The summed E-state index contributed by atoms with van der Waals surface area (Å²) >= 11 is 0. The van der Waals surface area contributed by atoms with Gasteiger partial charge in [-0.3, -0.25) is 9.80 Å². The van der Waals surface area contributed by atoms with Crippen molar-refractivity contribution in [1.82, 2.24) is 4.90 Å². The molecule has 4 rings (SSSR count). The van der Waals surface area contributed by atoms with Crippen LogP contribution in [-0.2, 0) is 0 Å². The van der Waals surface area contributed by atoms with Crippen LogP contribution in [0.2, 0.25) is 0 Å². The Morgan fingerprint density at radius 3 is 2.03 bits per heavy atom. The molecular formula is C27H39ClN2. The molecule has 1 saturated carbocycles. The lowest BCUT2D eigenvalue weighted by Crippen LogP contribution is -3.11. The summed E-state index contributed by atoms with van der Waals surface area (Å²) in [5, 5.41) is 0. The van der Waals surface area contributed by atoms with Crippen molar-refractivity contribution < 1.29 is 17.3 Å². The van der Waals surface area contributed by atoms with Gasteiger partial charge in [-0.05, 0) is 72.3 Å². The highest BCUT2D eigenvalue weighted by atomic mass is 35.5. The molecule has 3 heteroatoms. The van der Waals surface area contributed by atoms with Crippen molar-refractivity contribution in [2.45, 2.75) is 91.0 Å². The number of rotatable bonds is 5. The molecule has 0 radical (unpaired) electrons. The molecular weight excluding hydrogens is 388 g/mol. The lowest BCUT2D eigenvalue weighted by molar-refractivity contribution is -0.874. The Labute approximate surface area is 190 Å². The van der Waals surface area contributed by atoms with Crippen molar-refractivity contribution in [1.29, 1.82) is 0 Å². The SMILES string of the molecule is CC(C)c1cc(C(C)C)c(C2=CC=CC3=C[NH+](C4CCCC4)CN32)c(C(C)C)c1.[Cl-]. The van der Waals surface area contributed by atoms with Gasteiger partial charge >= 0.3 is 0 Å². The Hall–Kier alpha value is -1.51. The van der Waals surface area contributed by atoms with E-state index in [1.807, 2.05) is 0 Å². The van der Waals surface area contributed by atoms with E-state index in [9.17, 15) is 0 Å². The van der Waals surface area contributed by atoms with Gasteiger partial charge in [-0.15, -0.1) is 0 Å². The minimum absolute atomic E-state index is 0. The van der Waals surface area contributed by atoms with E-state index in [4.69, 9.17) is 0 Å². The first-order valence-electron chi connectivity index (χ1n) is 11.8. The number of fused-ring (bicyclic) bond motifs is 1. The lowest BCUT2D eigenvalue weighted by Gasteiger charge is -2.31. The van der Waals surface area contributed by atoms with Crippen LogP contribution in [0.5, 0.6) is 0 Å². The fourth-order valence-electron chi connectivity index (χ4n) is 5.29. The van der Waals surface area contributed by atoms with Gasteiger partial charge in [-0.2, -0.15) is 0 Å². The zero-order chi connectivity index (χ0) is 20.7. The van der Waals surface area contributed by atoms with Gasteiger partial charge in [0.25, 0.3) is 0 Å². The maximum atomic E-state index is 2.59. The summed E-state index contributed by atoms with van der Waals surface area (Å²) in [5.74, 6) is 1.59. The van der Waals surface area contributed by atoms with Gasteiger partial charge in [0.15, 0.2) is 6.67 Å². The van der Waals surface area contributed by atoms with Gasteiger partial charge in [-0.25, -0.2) is 0 Å². The quantitative estimate of drug-likeness (QED) is 0.760. The Kier molecular flexibility index (Phi) is 7.20. The third kappa shape index (κ3) is 4.27. The van der Waals surface area contributed by atoms with Crippen molar-refractivity contribution >= 4 is 5.70 Å². The van der Waals surface area contributed by atoms with Gasteiger partial charge in [-0.1, -0.05) is 59.8 Å². The van der Waals surface area contributed by atoms with Crippen molar-refractivity contribution in [3.63, 3.8) is 0 Å². The third-order valence-electron chi connectivity index (χ3n) is 7.07. The van der Waals surface area contributed by atoms with Crippen LogP contribution in [-0.4, -0.2) is 17.6 Å². The van der Waals surface area contributed by atoms with Crippen LogP contribution in [0.3, 0.4) is 0 Å². The average molecular weight is 427 g/mol. The highest BCUT2D eigenvalue weighted by Gasteiger charge is 2.36. The Bertz CT molecular complexity index is 825. The normalized spacial score (nSPS) is 21.4. The fourth-order valence-corrected chi connectivity index (χ4v) is 5.29. The van der Waals surface area contributed by atoms with E-state index in [1.165, 1.54) is 59.3 Å². The fraction of sp³-hybridized carbons (Fsp3) is 0.556. The number of hydrogen-bond acceptors (Lipinski definition) is 1. The molecule has 30 heavy (non-hydrogen) atoms. The molecule has 0 spiro atoms. The Morgan fingerprint density at radius 1 is 0.900 bits per heavy atom. The molecule has 1 aliphatic carbocycles. The number of hydrogen-bond donors (Lipinski definition) is 1. The first-order chi connectivity index (χ1) is 13.9. The molecule has 1 unspecified atom stereocenters. The highest BCUT2D eigenvalue weighted by molar-refractivity contribution is 5.75. The standard InChI is InChI=1S/C27H38N2.ClH/c1-18(2)21-14-24(19(3)4)27(25(15-21)20(5)6)26-13-9-12-23-16-28(17-29(23)26)22-10-7-8-11-22;/h9,12-16,18-20,22H,7-8,10-11,17H2,1-6H3;1H. The Balaban J connectivity index is 0.00000256. The van der Waals surface area contributed by atoms with Crippen LogP contribution in [0.1, 0.15) is 107 Å². The molecule has 1 fully saturated rings. The van der Waals surface area contributed by atoms with Gasteiger partial charge in [0.1, 0.15) is 6.20 Å². The lowest BCUT2D eigenvalue weighted by atomic mass is 9.82. The van der Waals surface area contributed by atoms with E-state index in [2.05, 4.69) is 83.0 Å². The van der Waals surface area contributed by atoms with E-state index < -0.39 is 0 Å². The number of allylic oxidation sites excluding steroid dienone is 3. The van der Waals surface area contributed by atoms with Gasteiger partial charge in [0, 0.05) is 5.56 Å². The number of halogens is 1. The van der Waals surface area contributed by atoms with Crippen molar-refractivity contribution in [3.8, 4) is 0 Å². The van der Waals surface area contributed by atoms with Crippen molar-refractivity contribution in [3.05, 3.63) is 64.5 Å². The summed E-state index contributed by atoms with van der Waals surface area (Å²) in [6, 6.07) is 5.77. The summed E-state index contributed by atoms with van der Waals surface area (Å²) in [6.45, 7) is 15.1. The van der Waals surface area contributed by atoms with Crippen molar-refractivity contribution in [2.24, 2.45) is 0 Å². The minimum atomic E-state index is 0. The molecule has 3 aliphatic rings. The molecule has 1 aromatic carbocycles. The molecule has 0 aromatic heterocycles. The molecule has 1 atom stereocenters. The summed E-state index contributed by atoms with van der Waals surface area (Å²) in [6.07, 6.45) is 15.0. The molecule has 0 saturated heterocycles. The molecule has 2 nitrogen and oxygen atoms in total. The maximum absolute atomic E-state index is 2.59. The predicted molar refractivity (Wildman–Crippen MR) is 124 cm³/mol. The molecule has 2 heterocycles. The number of benzene rings is 1. The van der Waals surface area contributed by atoms with E-state index in [0.717, 1.165) is 12.7 Å². The predicted octanol–water partition coefficient (Wildman–Crippen LogP) is 2.91. The first-order valence-corrected chi connectivity index (χ1v) is 11.8. The highest BCUT2D eigenvalue weighted by Crippen LogP contribution is 2.40. The summed E-state index contributed by atoms with van der Waals surface area (Å²) < 4.78 is 0. The van der Waals surface area contributed by atoms with Gasteiger partial charge in [0.05, 0.1) is 17.4 Å².